The number of H-pyrrole nitrogens is 2. The summed E-state index contributed by atoms with van der Waals surface area (Å²) in [4.78, 5) is 25.7. The molecule has 6 aromatic rings. The summed E-state index contributed by atoms with van der Waals surface area (Å²) < 4.78 is 0. The average molecular weight is 465 g/mol. The number of pyridine rings is 2. The Morgan fingerprint density at radius 3 is 2.85 bits per heavy atom. The number of hydrogen-bond donors (Lipinski definition) is 3. The third kappa shape index (κ3) is 3.54. The van der Waals surface area contributed by atoms with Crippen LogP contribution in [0.3, 0.4) is 0 Å². The lowest BCUT2D eigenvalue weighted by atomic mass is 10.1. The fourth-order valence-corrected chi connectivity index (χ4v) is 4.84. The second-order valence-corrected chi connectivity index (χ2v) is 8.90. The number of fused-ring (bicyclic) bond motifs is 2. The van der Waals surface area contributed by atoms with Gasteiger partial charge in [-0.05, 0) is 41.8 Å². The first-order valence-corrected chi connectivity index (χ1v) is 11.8. The summed E-state index contributed by atoms with van der Waals surface area (Å²) in [5.41, 5.74) is 7.74. The van der Waals surface area contributed by atoms with Gasteiger partial charge in [0, 0.05) is 39.5 Å². The van der Waals surface area contributed by atoms with E-state index < -0.39 is 0 Å². The number of aromatic nitrogens is 5. The molecule has 0 aliphatic carbocycles. The highest BCUT2D eigenvalue weighted by atomic mass is 32.1. The van der Waals surface area contributed by atoms with E-state index in [0.717, 1.165) is 44.6 Å². The number of thiophene rings is 1. The van der Waals surface area contributed by atoms with Gasteiger partial charge in [0.05, 0.1) is 28.8 Å². The molecule has 1 amide bonds. The van der Waals surface area contributed by atoms with Crippen molar-refractivity contribution in [2.45, 2.75) is 13.3 Å². The van der Waals surface area contributed by atoms with Gasteiger partial charge >= 0.3 is 0 Å². The van der Waals surface area contributed by atoms with Gasteiger partial charge in [0.25, 0.3) is 0 Å². The van der Waals surface area contributed by atoms with Gasteiger partial charge in [-0.25, -0.2) is 4.98 Å². The van der Waals surface area contributed by atoms with Crippen molar-refractivity contribution in [3.05, 3.63) is 72.4 Å². The van der Waals surface area contributed by atoms with Crippen molar-refractivity contribution in [1.29, 1.82) is 0 Å². The van der Waals surface area contributed by atoms with Gasteiger partial charge in [0.1, 0.15) is 11.2 Å². The molecule has 8 heteroatoms. The molecule has 5 aromatic heterocycles. The molecule has 0 saturated carbocycles. The van der Waals surface area contributed by atoms with Crippen molar-refractivity contribution in [2.75, 3.05) is 5.32 Å². The van der Waals surface area contributed by atoms with Crippen LogP contribution >= 0.6 is 11.3 Å². The van der Waals surface area contributed by atoms with Crippen molar-refractivity contribution >= 4 is 44.9 Å². The largest absolute Gasteiger partial charge is 0.353 e. The van der Waals surface area contributed by atoms with Crippen LogP contribution in [0.1, 0.15) is 13.3 Å². The van der Waals surface area contributed by atoms with E-state index in [0.29, 0.717) is 12.1 Å². The van der Waals surface area contributed by atoms with E-state index in [1.165, 1.54) is 10.4 Å². The van der Waals surface area contributed by atoms with Gasteiger partial charge in [0.15, 0.2) is 0 Å². The molecule has 3 N–H and O–H groups in total. The molecule has 7 nitrogen and oxygen atoms in total. The minimum atomic E-state index is -0.0554. The van der Waals surface area contributed by atoms with E-state index in [1.54, 1.807) is 23.7 Å². The van der Waals surface area contributed by atoms with Crippen LogP contribution in [0.25, 0.3) is 55.0 Å². The van der Waals surface area contributed by atoms with Crippen LogP contribution in [0.15, 0.2) is 72.4 Å². The number of amides is 1. The molecule has 0 bridgehead atoms. The Hall–Kier alpha value is -4.30. The zero-order valence-electron chi connectivity index (χ0n) is 18.3. The molecule has 0 spiro atoms. The number of aromatic amines is 2. The zero-order valence-corrected chi connectivity index (χ0v) is 19.1. The van der Waals surface area contributed by atoms with Gasteiger partial charge in [0.2, 0.25) is 5.91 Å². The molecular weight excluding hydrogens is 444 g/mol. The standard InChI is InChI=1S/C26H20N6OS/c1-2-24(33)28-16-11-15(13-27-14-16)19-8-9-21-25(30-19)26(32-31-21)22-12-18-17(23-7-4-10-34-23)5-3-6-20(18)29-22/h3-14,29H,2H2,1H3,(H,28,33)(H,31,32). The van der Waals surface area contributed by atoms with Crippen LogP contribution in [0, 0.1) is 0 Å². The number of hydrogen-bond acceptors (Lipinski definition) is 5. The normalized spacial score (nSPS) is 11.3. The maximum absolute atomic E-state index is 11.8. The van der Waals surface area contributed by atoms with Gasteiger partial charge in [-0.1, -0.05) is 25.1 Å². The first-order chi connectivity index (χ1) is 16.7. The van der Waals surface area contributed by atoms with E-state index in [-0.39, 0.29) is 5.91 Å². The second-order valence-electron chi connectivity index (χ2n) is 7.96. The minimum absolute atomic E-state index is 0.0554. The van der Waals surface area contributed by atoms with Crippen LogP contribution in [0.4, 0.5) is 5.69 Å². The first kappa shape index (κ1) is 20.3. The number of benzene rings is 1. The van der Waals surface area contributed by atoms with Gasteiger partial charge in [-0.3, -0.25) is 14.9 Å². The van der Waals surface area contributed by atoms with Gasteiger partial charge < -0.3 is 10.3 Å². The molecule has 0 saturated heterocycles. The fraction of sp³-hybridized carbons (Fsp3) is 0.0769. The highest BCUT2D eigenvalue weighted by Gasteiger charge is 2.16. The van der Waals surface area contributed by atoms with Gasteiger partial charge in [-0.15, -0.1) is 11.3 Å². The number of carbonyl (C=O) groups excluding carboxylic acids is 1. The molecule has 0 unspecified atom stereocenters. The molecule has 34 heavy (non-hydrogen) atoms. The average Bonchev–Trinajstić information content (AvgIpc) is 3.62. The third-order valence-electron chi connectivity index (χ3n) is 5.75. The van der Waals surface area contributed by atoms with Gasteiger partial charge in [-0.2, -0.15) is 5.10 Å². The molecule has 0 atom stereocenters. The maximum Gasteiger partial charge on any atom is 0.224 e. The molecule has 0 fully saturated rings. The van der Waals surface area contributed by atoms with Crippen molar-refractivity contribution in [3.8, 4) is 33.1 Å². The number of rotatable bonds is 5. The fourth-order valence-electron chi connectivity index (χ4n) is 4.07. The van der Waals surface area contributed by atoms with Crippen LogP contribution in [-0.4, -0.2) is 31.1 Å². The lowest BCUT2D eigenvalue weighted by Gasteiger charge is -2.06. The summed E-state index contributed by atoms with van der Waals surface area (Å²) in [7, 11) is 0. The Bertz CT molecular complexity index is 1650. The summed E-state index contributed by atoms with van der Waals surface area (Å²) in [5.74, 6) is -0.0554. The molecule has 6 rings (SSSR count). The molecule has 0 aliphatic heterocycles. The first-order valence-electron chi connectivity index (χ1n) is 11.0. The molecule has 0 aliphatic rings. The number of nitrogens with zero attached hydrogens (tertiary/aromatic N) is 3. The number of carbonyl (C=O) groups is 1. The quantitative estimate of drug-likeness (QED) is 0.281. The van der Waals surface area contributed by atoms with E-state index >= 15 is 0 Å². The number of nitrogens with one attached hydrogen (secondary N) is 3. The van der Waals surface area contributed by atoms with Crippen molar-refractivity contribution < 1.29 is 4.79 Å². The van der Waals surface area contributed by atoms with E-state index in [2.05, 4.69) is 67.3 Å². The Labute approximate surface area is 198 Å². The SMILES string of the molecule is CCC(=O)Nc1cncc(-c2ccc3[nH]nc(-c4cc5c(-c6cccs6)cccc5[nH]4)c3n2)c1. The Morgan fingerprint density at radius 2 is 2.00 bits per heavy atom. The minimum Gasteiger partial charge on any atom is -0.353 e. The van der Waals surface area contributed by atoms with Crippen LogP contribution in [0.5, 0.6) is 0 Å². The van der Waals surface area contributed by atoms with E-state index in [9.17, 15) is 4.79 Å². The number of anilines is 1. The monoisotopic (exact) mass is 464 g/mol. The Kier molecular flexibility index (Phi) is 4.92. The highest BCUT2D eigenvalue weighted by Crippen LogP contribution is 2.35. The Balaban J connectivity index is 1.43. The molecule has 1 aromatic carbocycles. The molecule has 166 valence electrons. The third-order valence-corrected chi connectivity index (χ3v) is 6.66. The van der Waals surface area contributed by atoms with Crippen molar-refractivity contribution in [3.63, 3.8) is 0 Å². The predicted molar refractivity (Wildman–Crippen MR) is 137 cm³/mol. The molecular formula is C26H20N6OS. The predicted octanol–water partition coefficient (Wildman–Crippen LogP) is 6.25. The van der Waals surface area contributed by atoms with Crippen LogP contribution < -0.4 is 5.32 Å². The molecule has 0 radical (unpaired) electrons. The van der Waals surface area contributed by atoms with Crippen molar-refractivity contribution in [2.24, 2.45) is 0 Å². The zero-order chi connectivity index (χ0) is 23.1. The van der Waals surface area contributed by atoms with E-state index in [4.69, 9.17) is 4.98 Å². The maximum atomic E-state index is 11.8. The summed E-state index contributed by atoms with van der Waals surface area (Å²) in [6.45, 7) is 1.82. The van der Waals surface area contributed by atoms with Crippen LogP contribution in [0.2, 0.25) is 0 Å². The van der Waals surface area contributed by atoms with Crippen molar-refractivity contribution in [1.82, 2.24) is 25.1 Å². The summed E-state index contributed by atoms with van der Waals surface area (Å²) in [5, 5.41) is 13.8. The topological polar surface area (TPSA) is 99.4 Å². The summed E-state index contributed by atoms with van der Waals surface area (Å²) >= 11 is 1.73. The lowest BCUT2D eigenvalue weighted by molar-refractivity contribution is -0.115. The van der Waals surface area contributed by atoms with E-state index in [1.807, 2.05) is 25.1 Å². The second kappa shape index (κ2) is 8.24. The summed E-state index contributed by atoms with van der Waals surface area (Å²) in [6.07, 6.45) is 3.78. The van der Waals surface area contributed by atoms with Crippen LogP contribution in [-0.2, 0) is 4.79 Å². The smallest absolute Gasteiger partial charge is 0.224 e. The molecule has 5 heterocycles. The highest BCUT2D eigenvalue weighted by molar-refractivity contribution is 7.13. The summed E-state index contributed by atoms with van der Waals surface area (Å²) in [6, 6.07) is 18.4. The Morgan fingerprint density at radius 1 is 1.06 bits per heavy atom. The lowest BCUT2D eigenvalue weighted by Crippen LogP contribution is -2.09.